The van der Waals surface area contributed by atoms with Gasteiger partial charge in [0.2, 0.25) is 0 Å². The lowest BCUT2D eigenvalue weighted by Gasteiger charge is -2.29. The number of hydrogen-bond acceptors (Lipinski definition) is 5. The molecule has 1 N–H and O–H groups in total. The van der Waals surface area contributed by atoms with Crippen LogP contribution >= 0.6 is 11.3 Å². The van der Waals surface area contributed by atoms with Crippen molar-refractivity contribution < 1.29 is 19.1 Å². The maximum Gasteiger partial charge on any atom is 0.268 e. The van der Waals surface area contributed by atoms with E-state index in [0.29, 0.717) is 47.4 Å². The Morgan fingerprint density at radius 2 is 1.84 bits per heavy atom. The molecular weight excluding hydrogens is 424 g/mol. The number of carbonyl (C=O) groups is 2. The summed E-state index contributed by atoms with van der Waals surface area (Å²) in [4.78, 5) is 28.4. The SMILES string of the molecule is CCOc1ccc(C(=O)Nc2ccc3c(c2)N(C(=O)c2cccs2)CCC3)cc1OCC. The van der Waals surface area contributed by atoms with Crippen molar-refractivity contribution in [3.05, 3.63) is 69.9 Å². The number of ether oxygens (including phenoxy) is 2. The summed E-state index contributed by atoms with van der Waals surface area (Å²) in [7, 11) is 0. The normalized spacial score (nSPS) is 12.8. The van der Waals surface area contributed by atoms with E-state index in [2.05, 4.69) is 5.32 Å². The third-order valence-corrected chi connectivity index (χ3v) is 6.10. The van der Waals surface area contributed by atoms with Crippen LogP contribution in [0.5, 0.6) is 11.5 Å². The highest BCUT2D eigenvalue weighted by Crippen LogP contribution is 2.33. The minimum atomic E-state index is -0.249. The number of rotatable bonds is 7. The summed E-state index contributed by atoms with van der Waals surface area (Å²) in [5.74, 6) is 0.903. The van der Waals surface area contributed by atoms with Gasteiger partial charge in [-0.1, -0.05) is 12.1 Å². The van der Waals surface area contributed by atoms with Gasteiger partial charge >= 0.3 is 0 Å². The molecule has 0 saturated carbocycles. The zero-order valence-corrected chi connectivity index (χ0v) is 19.0. The second-order valence-electron chi connectivity index (χ2n) is 7.36. The number of amides is 2. The number of thiophene rings is 1. The zero-order valence-electron chi connectivity index (χ0n) is 18.2. The number of anilines is 2. The average molecular weight is 451 g/mol. The molecule has 7 heteroatoms. The summed E-state index contributed by atoms with van der Waals surface area (Å²) in [5, 5.41) is 4.86. The summed E-state index contributed by atoms with van der Waals surface area (Å²) in [6, 6.07) is 14.6. The Kier molecular flexibility index (Phi) is 6.75. The first kappa shape index (κ1) is 21.9. The van der Waals surface area contributed by atoms with E-state index in [1.807, 2.05) is 54.5 Å². The summed E-state index contributed by atoms with van der Waals surface area (Å²) in [5.41, 5.74) is 3.08. The predicted molar refractivity (Wildman–Crippen MR) is 127 cm³/mol. The average Bonchev–Trinajstić information content (AvgIpc) is 3.34. The number of benzene rings is 2. The Labute approximate surface area is 191 Å². The maximum absolute atomic E-state index is 13.0. The Hall–Kier alpha value is -3.32. The highest BCUT2D eigenvalue weighted by molar-refractivity contribution is 7.12. The summed E-state index contributed by atoms with van der Waals surface area (Å²) >= 11 is 1.44. The van der Waals surface area contributed by atoms with Gasteiger partial charge in [-0.05, 0) is 74.0 Å². The van der Waals surface area contributed by atoms with Crippen molar-refractivity contribution in [2.24, 2.45) is 0 Å². The van der Waals surface area contributed by atoms with Crippen molar-refractivity contribution in [2.75, 3.05) is 30.0 Å². The molecule has 0 spiro atoms. The van der Waals surface area contributed by atoms with E-state index in [0.717, 1.165) is 24.1 Å². The van der Waals surface area contributed by atoms with Crippen LogP contribution in [0.4, 0.5) is 11.4 Å². The van der Waals surface area contributed by atoms with E-state index in [1.165, 1.54) is 11.3 Å². The van der Waals surface area contributed by atoms with Crippen molar-refractivity contribution >= 4 is 34.5 Å². The molecule has 3 aromatic rings. The standard InChI is InChI=1S/C25H26N2O4S/c1-3-30-21-12-10-18(15-22(21)31-4-2)24(28)26-19-11-9-17-7-5-13-27(20(17)16-19)25(29)23-8-6-14-32-23/h6,8-12,14-16H,3-5,7,13H2,1-2H3,(H,26,28). The lowest BCUT2D eigenvalue weighted by molar-refractivity contribution is 0.0987. The van der Waals surface area contributed by atoms with Crippen LogP contribution in [0.3, 0.4) is 0 Å². The topological polar surface area (TPSA) is 67.9 Å². The molecule has 4 rings (SSSR count). The molecule has 2 amide bonds. The first-order chi connectivity index (χ1) is 15.6. The first-order valence-electron chi connectivity index (χ1n) is 10.8. The molecule has 32 heavy (non-hydrogen) atoms. The predicted octanol–water partition coefficient (Wildman–Crippen LogP) is 5.39. The highest BCUT2D eigenvalue weighted by Gasteiger charge is 2.25. The minimum Gasteiger partial charge on any atom is -0.490 e. The third-order valence-electron chi connectivity index (χ3n) is 5.24. The lowest BCUT2D eigenvalue weighted by Crippen LogP contribution is -2.35. The number of hydrogen-bond donors (Lipinski definition) is 1. The smallest absolute Gasteiger partial charge is 0.268 e. The van der Waals surface area contributed by atoms with Gasteiger partial charge in [-0.2, -0.15) is 0 Å². The molecule has 166 valence electrons. The molecule has 2 heterocycles. The maximum atomic E-state index is 13.0. The molecule has 1 aliphatic rings. The number of fused-ring (bicyclic) bond motifs is 1. The fraction of sp³-hybridized carbons (Fsp3) is 0.280. The number of aryl methyl sites for hydroxylation is 1. The van der Waals surface area contributed by atoms with Crippen molar-refractivity contribution in [1.29, 1.82) is 0 Å². The van der Waals surface area contributed by atoms with Crippen LogP contribution in [0.1, 0.15) is 45.9 Å². The van der Waals surface area contributed by atoms with E-state index in [1.54, 1.807) is 18.2 Å². The molecule has 0 radical (unpaired) electrons. The quantitative estimate of drug-likeness (QED) is 0.524. The Morgan fingerprint density at radius 1 is 1.03 bits per heavy atom. The van der Waals surface area contributed by atoms with E-state index < -0.39 is 0 Å². The van der Waals surface area contributed by atoms with Crippen LogP contribution in [0.25, 0.3) is 0 Å². The second-order valence-corrected chi connectivity index (χ2v) is 8.31. The summed E-state index contributed by atoms with van der Waals surface area (Å²) < 4.78 is 11.2. The van der Waals surface area contributed by atoms with Crippen LogP contribution in [0, 0.1) is 0 Å². The molecule has 0 aliphatic carbocycles. The first-order valence-corrected chi connectivity index (χ1v) is 11.7. The van der Waals surface area contributed by atoms with E-state index >= 15 is 0 Å². The Bertz CT molecular complexity index is 1110. The van der Waals surface area contributed by atoms with Gasteiger partial charge in [0.05, 0.1) is 18.1 Å². The molecule has 0 saturated heterocycles. The molecular formula is C25H26N2O4S. The van der Waals surface area contributed by atoms with Crippen LogP contribution in [0.15, 0.2) is 53.9 Å². The fourth-order valence-electron chi connectivity index (χ4n) is 3.79. The molecule has 0 atom stereocenters. The van der Waals surface area contributed by atoms with Crippen LogP contribution in [-0.2, 0) is 6.42 Å². The van der Waals surface area contributed by atoms with Gasteiger partial charge < -0.3 is 19.7 Å². The lowest BCUT2D eigenvalue weighted by atomic mass is 10.0. The molecule has 0 bridgehead atoms. The minimum absolute atomic E-state index is 0.00250. The second kappa shape index (κ2) is 9.87. The van der Waals surface area contributed by atoms with Gasteiger partial charge in [-0.3, -0.25) is 9.59 Å². The van der Waals surface area contributed by atoms with Crippen molar-refractivity contribution in [3.8, 4) is 11.5 Å². The van der Waals surface area contributed by atoms with E-state index in [-0.39, 0.29) is 11.8 Å². The Balaban J connectivity index is 1.56. The van der Waals surface area contributed by atoms with E-state index in [4.69, 9.17) is 9.47 Å². The highest BCUT2D eigenvalue weighted by atomic mass is 32.1. The molecule has 1 aliphatic heterocycles. The van der Waals surface area contributed by atoms with Gasteiger partial charge in [-0.25, -0.2) is 0 Å². The van der Waals surface area contributed by atoms with Gasteiger partial charge in [-0.15, -0.1) is 11.3 Å². The third kappa shape index (κ3) is 4.62. The monoisotopic (exact) mass is 450 g/mol. The Morgan fingerprint density at radius 3 is 2.59 bits per heavy atom. The number of nitrogens with one attached hydrogen (secondary N) is 1. The van der Waals surface area contributed by atoms with Crippen molar-refractivity contribution in [1.82, 2.24) is 0 Å². The number of carbonyl (C=O) groups excluding carboxylic acids is 2. The fourth-order valence-corrected chi connectivity index (χ4v) is 4.46. The van der Waals surface area contributed by atoms with Gasteiger partial charge in [0.25, 0.3) is 11.8 Å². The molecule has 0 fully saturated rings. The molecule has 1 aromatic heterocycles. The molecule has 6 nitrogen and oxygen atoms in total. The van der Waals surface area contributed by atoms with Gasteiger partial charge in [0.1, 0.15) is 0 Å². The largest absolute Gasteiger partial charge is 0.490 e. The molecule has 0 unspecified atom stereocenters. The zero-order chi connectivity index (χ0) is 22.5. The molecule has 2 aromatic carbocycles. The van der Waals surface area contributed by atoms with Crippen molar-refractivity contribution in [2.45, 2.75) is 26.7 Å². The van der Waals surface area contributed by atoms with Crippen LogP contribution in [0.2, 0.25) is 0 Å². The van der Waals surface area contributed by atoms with Crippen LogP contribution < -0.4 is 19.7 Å². The summed E-state index contributed by atoms with van der Waals surface area (Å²) in [6.07, 6.45) is 1.83. The van der Waals surface area contributed by atoms with E-state index in [9.17, 15) is 9.59 Å². The van der Waals surface area contributed by atoms with Crippen molar-refractivity contribution in [3.63, 3.8) is 0 Å². The number of nitrogens with zero attached hydrogens (tertiary/aromatic N) is 1. The van der Waals surface area contributed by atoms with Gasteiger partial charge in [0.15, 0.2) is 11.5 Å². The summed E-state index contributed by atoms with van der Waals surface area (Å²) in [6.45, 7) is 5.45. The van der Waals surface area contributed by atoms with Gasteiger partial charge in [0, 0.05) is 23.5 Å². The van der Waals surface area contributed by atoms with Crippen LogP contribution in [-0.4, -0.2) is 31.6 Å².